The van der Waals surface area contributed by atoms with Gasteiger partial charge in [0.25, 0.3) is 5.56 Å². The quantitative estimate of drug-likeness (QED) is 0.180. The van der Waals surface area contributed by atoms with Crippen molar-refractivity contribution in [2.45, 2.75) is 6.42 Å². The van der Waals surface area contributed by atoms with Crippen LogP contribution in [0.4, 0.5) is 0 Å². The minimum Gasteiger partial charge on any atom is -0.493 e. The Labute approximate surface area is 215 Å². The zero-order valence-corrected chi connectivity index (χ0v) is 21.3. The third-order valence-electron chi connectivity index (χ3n) is 5.72. The number of furan rings is 1. The largest absolute Gasteiger partial charge is 0.493 e. The molecule has 0 N–H and O–H groups in total. The molecule has 2 aromatic heterocycles. The summed E-state index contributed by atoms with van der Waals surface area (Å²) in [5.74, 6) is 1.93. The zero-order chi connectivity index (χ0) is 25.2. The van der Waals surface area contributed by atoms with Gasteiger partial charge in [-0.3, -0.25) is 4.79 Å². The Balaban J connectivity index is 1.70. The normalized spacial score (nSPS) is 11.4. The van der Waals surface area contributed by atoms with Crippen LogP contribution in [0.2, 0.25) is 0 Å². The van der Waals surface area contributed by atoms with Gasteiger partial charge in [0.1, 0.15) is 5.58 Å². The van der Waals surface area contributed by atoms with Crippen molar-refractivity contribution in [3.63, 3.8) is 0 Å². The number of fused-ring (bicyclic) bond motifs is 2. The highest BCUT2D eigenvalue weighted by Gasteiger charge is 2.17. The molecule has 5 aromatic rings. The Morgan fingerprint density at radius 1 is 1.11 bits per heavy atom. The van der Waals surface area contributed by atoms with Gasteiger partial charge in [-0.15, -0.1) is 6.58 Å². The van der Waals surface area contributed by atoms with Crippen molar-refractivity contribution in [2.75, 3.05) is 14.2 Å². The Morgan fingerprint density at radius 3 is 2.72 bits per heavy atom. The molecular weight excluding hydrogens is 522 g/mol. The fraction of sp³-hybridized carbons (Fsp3) is 0.107. The number of ether oxygens (including phenoxy) is 2. The van der Waals surface area contributed by atoms with Crippen molar-refractivity contribution in [1.82, 2.24) is 9.66 Å². The number of benzene rings is 3. The molecule has 0 atom stereocenters. The number of methoxy groups -OCH3 is 2. The van der Waals surface area contributed by atoms with Gasteiger partial charge in [-0.1, -0.05) is 34.1 Å². The first-order valence-corrected chi connectivity index (χ1v) is 11.9. The SMILES string of the molecule is C=CCc1cc(C=Nn2c(-c3cc4cc(Br)ccc4o3)nc3ccccc3c2=O)cc(OC)c1OC. The Morgan fingerprint density at radius 2 is 1.94 bits per heavy atom. The molecule has 7 nitrogen and oxygen atoms in total. The molecule has 0 amide bonds. The van der Waals surface area contributed by atoms with Crippen molar-refractivity contribution in [3.8, 4) is 23.1 Å². The predicted molar refractivity (Wildman–Crippen MR) is 145 cm³/mol. The number of aromatic nitrogens is 2. The highest BCUT2D eigenvalue weighted by molar-refractivity contribution is 9.10. The molecule has 0 aliphatic heterocycles. The van der Waals surface area contributed by atoms with Crippen LogP contribution in [0.25, 0.3) is 33.5 Å². The molecule has 3 aromatic carbocycles. The highest BCUT2D eigenvalue weighted by atomic mass is 79.9. The molecule has 0 aliphatic rings. The maximum absolute atomic E-state index is 13.5. The number of rotatable bonds is 7. The number of para-hydroxylation sites is 1. The van der Waals surface area contributed by atoms with Crippen LogP contribution in [0.15, 0.2) is 92.1 Å². The summed E-state index contributed by atoms with van der Waals surface area (Å²) in [7, 11) is 3.17. The number of nitrogens with zero attached hydrogens (tertiary/aromatic N) is 3. The molecule has 8 heteroatoms. The highest BCUT2D eigenvalue weighted by Crippen LogP contribution is 2.33. The third kappa shape index (κ3) is 4.31. The van der Waals surface area contributed by atoms with E-state index in [-0.39, 0.29) is 5.56 Å². The summed E-state index contributed by atoms with van der Waals surface area (Å²) in [6, 6.07) is 18.4. The van der Waals surface area contributed by atoms with Crippen LogP contribution in [0, 0.1) is 0 Å². The van der Waals surface area contributed by atoms with E-state index in [0.717, 1.165) is 21.0 Å². The molecular formula is C28H22BrN3O4. The van der Waals surface area contributed by atoms with E-state index in [1.165, 1.54) is 4.68 Å². The predicted octanol–water partition coefficient (Wildman–Crippen LogP) is 6.20. The molecule has 0 fully saturated rings. The number of allylic oxidation sites excluding steroid dienone is 1. The first kappa shape index (κ1) is 23.6. The Bertz CT molecular complexity index is 1700. The Hall–Kier alpha value is -4.17. The van der Waals surface area contributed by atoms with Gasteiger partial charge >= 0.3 is 0 Å². The molecule has 0 saturated carbocycles. The average Bonchev–Trinajstić information content (AvgIpc) is 3.31. The van der Waals surface area contributed by atoms with Crippen LogP contribution < -0.4 is 15.0 Å². The molecule has 0 spiro atoms. The molecule has 0 bridgehead atoms. The van der Waals surface area contributed by atoms with E-state index in [0.29, 0.717) is 46.0 Å². The molecule has 0 unspecified atom stereocenters. The summed E-state index contributed by atoms with van der Waals surface area (Å²) in [4.78, 5) is 18.2. The van der Waals surface area contributed by atoms with Crippen molar-refractivity contribution in [3.05, 3.63) is 99.3 Å². The first-order chi connectivity index (χ1) is 17.5. The van der Waals surface area contributed by atoms with E-state index < -0.39 is 0 Å². The van der Waals surface area contributed by atoms with Crippen molar-refractivity contribution in [2.24, 2.45) is 5.10 Å². The topological polar surface area (TPSA) is 78.9 Å². The lowest BCUT2D eigenvalue weighted by Gasteiger charge is -2.13. The molecule has 5 rings (SSSR count). The number of hydrogen-bond acceptors (Lipinski definition) is 6. The van der Waals surface area contributed by atoms with Crippen LogP contribution in [0.5, 0.6) is 11.5 Å². The molecule has 36 heavy (non-hydrogen) atoms. The molecule has 0 saturated heterocycles. The number of halogens is 1. The average molecular weight is 544 g/mol. The lowest BCUT2D eigenvalue weighted by molar-refractivity contribution is 0.352. The third-order valence-corrected chi connectivity index (χ3v) is 6.21. The molecule has 0 radical (unpaired) electrons. The summed E-state index contributed by atoms with van der Waals surface area (Å²) < 4.78 is 19.3. The second-order valence-corrected chi connectivity index (χ2v) is 8.93. The van der Waals surface area contributed by atoms with E-state index >= 15 is 0 Å². The monoisotopic (exact) mass is 543 g/mol. The minimum atomic E-state index is -0.305. The second kappa shape index (κ2) is 9.83. The van der Waals surface area contributed by atoms with Crippen molar-refractivity contribution < 1.29 is 13.9 Å². The van der Waals surface area contributed by atoms with Gasteiger partial charge in [-0.25, -0.2) is 4.98 Å². The van der Waals surface area contributed by atoms with Crippen molar-refractivity contribution in [1.29, 1.82) is 0 Å². The smallest absolute Gasteiger partial charge is 0.282 e. The van der Waals surface area contributed by atoms with Crippen molar-refractivity contribution >= 4 is 44.0 Å². The van der Waals surface area contributed by atoms with Crippen LogP contribution in [0.1, 0.15) is 11.1 Å². The maximum Gasteiger partial charge on any atom is 0.282 e. The van der Waals surface area contributed by atoms with Gasteiger partial charge in [0, 0.05) is 15.4 Å². The van der Waals surface area contributed by atoms with Gasteiger partial charge in [0.2, 0.25) is 5.82 Å². The van der Waals surface area contributed by atoms with Crippen LogP contribution >= 0.6 is 15.9 Å². The Kier molecular flexibility index (Phi) is 6.43. The fourth-order valence-electron chi connectivity index (χ4n) is 4.09. The molecule has 180 valence electrons. The molecule has 0 aliphatic carbocycles. The summed E-state index contributed by atoms with van der Waals surface area (Å²) in [6.07, 6.45) is 3.96. The summed E-state index contributed by atoms with van der Waals surface area (Å²) in [5, 5.41) is 5.88. The van der Waals surface area contributed by atoms with Gasteiger partial charge < -0.3 is 13.9 Å². The standard InChI is InChI=1S/C28H22BrN3O4/c1-4-7-18-12-17(13-24(34-2)26(18)35-3)16-30-32-27(31-22-9-6-5-8-21(22)28(32)33)25-15-19-14-20(29)10-11-23(19)36-25/h4-6,8-16H,1,7H2,2-3H3. The molecule has 2 heterocycles. The summed E-state index contributed by atoms with van der Waals surface area (Å²) in [5.41, 5.74) is 2.55. The van der Waals surface area contributed by atoms with Gasteiger partial charge in [0.05, 0.1) is 31.3 Å². The van der Waals surface area contributed by atoms with Crippen LogP contribution in [0.3, 0.4) is 0 Å². The van der Waals surface area contributed by atoms with E-state index in [1.54, 1.807) is 50.8 Å². The van der Waals surface area contributed by atoms with Gasteiger partial charge in [-0.05, 0) is 60.5 Å². The second-order valence-electron chi connectivity index (χ2n) is 8.02. The van der Waals surface area contributed by atoms with E-state index in [2.05, 4.69) is 27.6 Å². The lowest BCUT2D eigenvalue weighted by Crippen LogP contribution is -2.20. The summed E-state index contributed by atoms with van der Waals surface area (Å²) in [6.45, 7) is 3.82. The summed E-state index contributed by atoms with van der Waals surface area (Å²) >= 11 is 3.48. The van der Waals surface area contributed by atoms with E-state index in [9.17, 15) is 4.79 Å². The minimum absolute atomic E-state index is 0.300. The maximum atomic E-state index is 13.5. The van der Waals surface area contributed by atoms with Crippen LogP contribution in [-0.4, -0.2) is 30.1 Å². The van der Waals surface area contributed by atoms with Gasteiger partial charge in [-0.2, -0.15) is 9.78 Å². The number of hydrogen-bond donors (Lipinski definition) is 0. The van der Waals surface area contributed by atoms with Gasteiger partial charge in [0.15, 0.2) is 17.3 Å². The zero-order valence-electron chi connectivity index (χ0n) is 19.7. The first-order valence-electron chi connectivity index (χ1n) is 11.1. The lowest BCUT2D eigenvalue weighted by atomic mass is 10.1. The van der Waals surface area contributed by atoms with E-state index in [4.69, 9.17) is 18.9 Å². The van der Waals surface area contributed by atoms with E-state index in [1.807, 2.05) is 36.4 Å². The fourth-order valence-corrected chi connectivity index (χ4v) is 4.47. The van der Waals surface area contributed by atoms with Crippen LogP contribution in [-0.2, 0) is 6.42 Å².